The van der Waals surface area contributed by atoms with Gasteiger partial charge in [-0.2, -0.15) is 0 Å². The van der Waals surface area contributed by atoms with E-state index in [0.717, 1.165) is 25.7 Å². The van der Waals surface area contributed by atoms with E-state index < -0.39 is 5.60 Å². The molecule has 3 heteroatoms. The summed E-state index contributed by atoms with van der Waals surface area (Å²) >= 11 is 0. The Balaban J connectivity index is 2.21. The maximum absolute atomic E-state index is 13.7. The van der Waals surface area contributed by atoms with E-state index in [2.05, 4.69) is 4.90 Å². The summed E-state index contributed by atoms with van der Waals surface area (Å²) in [7, 11) is 3.98. The van der Waals surface area contributed by atoms with Gasteiger partial charge in [0.05, 0.1) is 5.60 Å². The van der Waals surface area contributed by atoms with Crippen LogP contribution < -0.4 is 0 Å². The van der Waals surface area contributed by atoms with Crippen LogP contribution in [0.1, 0.15) is 31.2 Å². The van der Waals surface area contributed by atoms with E-state index in [1.807, 2.05) is 20.2 Å². The Hall–Kier alpha value is -0.930. The van der Waals surface area contributed by atoms with Crippen molar-refractivity contribution >= 4 is 0 Å². The topological polar surface area (TPSA) is 23.5 Å². The van der Waals surface area contributed by atoms with Gasteiger partial charge >= 0.3 is 0 Å². The fourth-order valence-corrected chi connectivity index (χ4v) is 3.12. The second-order valence-electron chi connectivity index (χ2n) is 5.60. The average Bonchev–Trinajstić information content (AvgIpc) is 2.32. The molecule has 1 aromatic rings. The summed E-state index contributed by atoms with van der Waals surface area (Å²) in [5.74, 6) is -0.214. The van der Waals surface area contributed by atoms with Crippen LogP contribution in [-0.4, -0.2) is 35.7 Å². The molecule has 100 valence electrons. The molecular formula is C15H22FNO. The van der Waals surface area contributed by atoms with Gasteiger partial charge in [-0.05, 0) is 38.6 Å². The first kappa shape index (κ1) is 13.5. The maximum atomic E-state index is 13.7. The molecule has 1 aliphatic carbocycles. The Bertz CT molecular complexity index is 407. The number of rotatable bonds is 3. The summed E-state index contributed by atoms with van der Waals surface area (Å²) in [6.45, 7) is 0. The fourth-order valence-electron chi connectivity index (χ4n) is 3.12. The first-order chi connectivity index (χ1) is 8.53. The fraction of sp³-hybridized carbons (Fsp3) is 0.600. The number of halogens is 1. The lowest BCUT2D eigenvalue weighted by molar-refractivity contribution is -0.0603. The number of hydrogen-bond acceptors (Lipinski definition) is 2. The van der Waals surface area contributed by atoms with Crippen LogP contribution in [-0.2, 0) is 6.42 Å². The molecule has 0 bridgehead atoms. The van der Waals surface area contributed by atoms with Gasteiger partial charge in [-0.3, -0.25) is 0 Å². The Labute approximate surface area is 108 Å². The molecule has 2 nitrogen and oxygen atoms in total. The Kier molecular flexibility index (Phi) is 4.03. The van der Waals surface area contributed by atoms with Crippen LogP contribution in [0.15, 0.2) is 24.3 Å². The van der Waals surface area contributed by atoms with E-state index in [1.165, 1.54) is 6.07 Å². The monoisotopic (exact) mass is 251 g/mol. The van der Waals surface area contributed by atoms with Crippen molar-refractivity contribution in [3.8, 4) is 0 Å². The summed E-state index contributed by atoms with van der Waals surface area (Å²) < 4.78 is 13.7. The van der Waals surface area contributed by atoms with Gasteiger partial charge in [0.1, 0.15) is 5.82 Å². The van der Waals surface area contributed by atoms with Crippen molar-refractivity contribution in [1.82, 2.24) is 4.90 Å². The highest BCUT2D eigenvalue weighted by atomic mass is 19.1. The third kappa shape index (κ3) is 2.73. The second-order valence-corrected chi connectivity index (χ2v) is 5.60. The summed E-state index contributed by atoms with van der Waals surface area (Å²) in [4.78, 5) is 2.07. The minimum absolute atomic E-state index is 0.117. The molecule has 1 N–H and O–H groups in total. The highest BCUT2D eigenvalue weighted by molar-refractivity contribution is 5.20. The molecule has 0 saturated heterocycles. The largest absolute Gasteiger partial charge is 0.388 e. The number of hydrogen-bond donors (Lipinski definition) is 1. The van der Waals surface area contributed by atoms with E-state index in [4.69, 9.17) is 0 Å². The molecule has 0 radical (unpaired) electrons. The minimum atomic E-state index is -0.802. The zero-order valence-corrected chi connectivity index (χ0v) is 11.2. The molecule has 1 saturated carbocycles. The van der Waals surface area contributed by atoms with Crippen molar-refractivity contribution in [3.63, 3.8) is 0 Å². The SMILES string of the molecule is CN(C)C1CCCCC1(O)Cc1ccccc1F. The molecule has 0 aliphatic heterocycles. The second kappa shape index (κ2) is 5.37. The van der Waals surface area contributed by atoms with Crippen molar-refractivity contribution in [2.75, 3.05) is 14.1 Å². The average molecular weight is 251 g/mol. The predicted molar refractivity (Wildman–Crippen MR) is 71.0 cm³/mol. The van der Waals surface area contributed by atoms with E-state index in [9.17, 15) is 9.50 Å². The van der Waals surface area contributed by atoms with Crippen LogP contribution in [0.3, 0.4) is 0 Å². The van der Waals surface area contributed by atoms with Crippen LogP contribution in [0.4, 0.5) is 4.39 Å². The summed E-state index contributed by atoms with van der Waals surface area (Å²) in [6, 6.07) is 6.87. The Morgan fingerprint density at radius 2 is 2.06 bits per heavy atom. The molecule has 1 aromatic carbocycles. The van der Waals surface area contributed by atoms with Gasteiger partial charge in [0.15, 0.2) is 0 Å². The highest BCUT2D eigenvalue weighted by Crippen LogP contribution is 2.34. The smallest absolute Gasteiger partial charge is 0.126 e. The van der Waals surface area contributed by atoms with Crippen molar-refractivity contribution in [1.29, 1.82) is 0 Å². The number of benzene rings is 1. The van der Waals surface area contributed by atoms with Gasteiger partial charge in [-0.25, -0.2) is 4.39 Å². The zero-order valence-electron chi connectivity index (χ0n) is 11.2. The molecule has 0 spiro atoms. The number of likely N-dealkylation sites (N-methyl/N-ethyl adjacent to an activating group) is 1. The van der Waals surface area contributed by atoms with E-state index in [-0.39, 0.29) is 11.9 Å². The summed E-state index contributed by atoms with van der Waals surface area (Å²) in [5, 5.41) is 10.9. The van der Waals surface area contributed by atoms with Crippen molar-refractivity contribution in [2.45, 2.75) is 43.7 Å². The van der Waals surface area contributed by atoms with Gasteiger partial charge < -0.3 is 10.0 Å². The van der Waals surface area contributed by atoms with Crippen LogP contribution in [0.5, 0.6) is 0 Å². The zero-order chi connectivity index (χ0) is 13.2. The molecule has 1 fully saturated rings. The maximum Gasteiger partial charge on any atom is 0.126 e. The standard InChI is InChI=1S/C15H22FNO/c1-17(2)14-9-5-6-10-15(14,18)11-12-7-3-4-8-13(12)16/h3-4,7-8,14,18H,5-6,9-11H2,1-2H3. The van der Waals surface area contributed by atoms with E-state index in [1.54, 1.807) is 12.1 Å². The van der Waals surface area contributed by atoms with Gasteiger partial charge in [-0.15, -0.1) is 0 Å². The molecule has 0 amide bonds. The van der Waals surface area contributed by atoms with Crippen molar-refractivity contribution < 1.29 is 9.50 Å². The van der Waals surface area contributed by atoms with Crippen LogP contribution in [0.2, 0.25) is 0 Å². The normalized spacial score (nSPS) is 28.6. The summed E-state index contributed by atoms with van der Waals surface area (Å²) in [5.41, 5.74) is -0.182. The van der Waals surface area contributed by atoms with Gasteiger partial charge in [0.2, 0.25) is 0 Å². The lowest BCUT2D eigenvalue weighted by atomic mass is 9.76. The third-order valence-corrected chi connectivity index (χ3v) is 4.04. The van der Waals surface area contributed by atoms with Crippen LogP contribution in [0.25, 0.3) is 0 Å². The Morgan fingerprint density at radius 3 is 2.72 bits per heavy atom. The Morgan fingerprint density at radius 1 is 1.33 bits per heavy atom. The van der Waals surface area contributed by atoms with Crippen LogP contribution in [0, 0.1) is 5.82 Å². The summed E-state index contributed by atoms with van der Waals surface area (Å²) in [6.07, 6.45) is 4.31. The molecule has 0 aromatic heterocycles. The van der Waals surface area contributed by atoms with Crippen LogP contribution >= 0.6 is 0 Å². The molecule has 18 heavy (non-hydrogen) atoms. The van der Waals surface area contributed by atoms with E-state index in [0.29, 0.717) is 12.0 Å². The lowest BCUT2D eigenvalue weighted by Crippen LogP contribution is -2.53. The predicted octanol–water partition coefficient (Wildman–Crippen LogP) is 2.60. The number of aliphatic hydroxyl groups is 1. The minimum Gasteiger partial charge on any atom is -0.388 e. The molecule has 1 aliphatic rings. The van der Waals surface area contributed by atoms with Gasteiger partial charge in [0, 0.05) is 12.5 Å². The molecule has 0 heterocycles. The third-order valence-electron chi connectivity index (χ3n) is 4.04. The molecule has 2 atom stereocenters. The molecule has 2 rings (SSSR count). The first-order valence-corrected chi connectivity index (χ1v) is 6.65. The van der Waals surface area contributed by atoms with Gasteiger partial charge in [-0.1, -0.05) is 31.0 Å². The van der Waals surface area contributed by atoms with Gasteiger partial charge in [0.25, 0.3) is 0 Å². The first-order valence-electron chi connectivity index (χ1n) is 6.65. The van der Waals surface area contributed by atoms with Crippen molar-refractivity contribution in [2.24, 2.45) is 0 Å². The molecular weight excluding hydrogens is 229 g/mol. The van der Waals surface area contributed by atoms with Crippen molar-refractivity contribution in [3.05, 3.63) is 35.6 Å². The highest BCUT2D eigenvalue weighted by Gasteiger charge is 2.40. The number of nitrogens with zero attached hydrogens (tertiary/aromatic N) is 1. The van der Waals surface area contributed by atoms with E-state index >= 15 is 0 Å². The quantitative estimate of drug-likeness (QED) is 0.892. The molecule has 2 unspecified atom stereocenters. The lowest BCUT2D eigenvalue weighted by Gasteiger charge is -2.43.